The zero-order valence-corrected chi connectivity index (χ0v) is 17.0. The fraction of sp³-hybridized carbons (Fsp3) is 0.280. The van der Waals surface area contributed by atoms with Crippen LogP contribution in [0, 0.1) is 16.0 Å². The SMILES string of the molecule is CCCC(C)CCc1ccc(Oc2cc(-c3ccccc3)ccc2[N+](=O)[O-])cc1. The van der Waals surface area contributed by atoms with Crippen LogP contribution < -0.4 is 4.74 Å². The maximum absolute atomic E-state index is 11.4. The smallest absolute Gasteiger partial charge is 0.311 e. The molecule has 4 heteroatoms. The van der Waals surface area contributed by atoms with Gasteiger partial charge >= 0.3 is 5.69 Å². The zero-order valence-electron chi connectivity index (χ0n) is 17.0. The molecule has 1 atom stereocenters. The van der Waals surface area contributed by atoms with Crippen LogP contribution >= 0.6 is 0 Å². The summed E-state index contributed by atoms with van der Waals surface area (Å²) in [5.41, 5.74) is 3.09. The van der Waals surface area contributed by atoms with Crippen LogP contribution in [0.5, 0.6) is 11.5 Å². The van der Waals surface area contributed by atoms with Crippen molar-refractivity contribution < 1.29 is 9.66 Å². The van der Waals surface area contributed by atoms with Gasteiger partial charge in [-0.2, -0.15) is 0 Å². The van der Waals surface area contributed by atoms with E-state index in [1.165, 1.54) is 30.9 Å². The zero-order chi connectivity index (χ0) is 20.6. The quantitative estimate of drug-likeness (QED) is 0.282. The second kappa shape index (κ2) is 9.87. The highest BCUT2D eigenvalue weighted by Crippen LogP contribution is 2.35. The van der Waals surface area contributed by atoms with E-state index < -0.39 is 4.92 Å². The van der Waals surface area contributed by atoms with Gasteiger partial charge in [0.2, 0.25) is 5.75 Å². The fourth-order valence-electron chi connectivity index (χ4n) is 3.46. The molecule has 0 aromatic heterocycles. The van der Waals surface area contributed by atoms with Crippen LogP contribution in [0.3, 0.4) is 0 Å². The molecule has 3 aromatic rings. The fourth-order valence-corrected chi connectivity index (χ4v) is 3.46. The van der Waals surface area contributed by atoms with Gasteiger partial charge in [0, 0.05) is 6.07 Å². The van der Waals surface area contributed by atoms with Gasteiger partial charge in [0.1, 0.15) is 5.75 Å². The summed E-state index contributed by atoms with van der Waals surface area (Å²) < 4.78 is 5.91. The maximum Gasteiger partial charge on any atom is 0.311 e. The molecule has 0 N–H and O–H groups in total. The van der Waals surface area contributed by atoms with Crippen LogP contribution in [-0.2, 0) is 6.42 Å². The van der Waals surface area contributed by atoms with Crippen molar-refractivity contribution in [1.29, 1.82) is 0 Å². The standard InChI is InChI=1S/C25H27NO3/c1-3-7-19(2)10-11-20-12-15-23(16-13-20)29-25-18-22(14-17-24(25)26(27)28)21-8-5-4-6-9-21/h4-6,8-9,12-19H,3,7,10-11H2,1-2H3. The highest BCUT2D eigenvalue weighted by molar-refractivity contribution is 5.68. The van der Waals surface area contributed by atoms with Crippen molar-refractivity contribution in [3.05, 3.63) is 88.5 Å². The van der Waals surface area contributed by atoms with Crippen molar-refractivity contribution in [3.63, 3.8) is 0 Å². The molecule has 0 saturated carbocycles. The Labute approximate surface area is 172 Å². The summed E-state index contributed by atoms with van der Waals surface area (Å²) in [5.74, 6) is 1.57. The van der Waals surface area contributed by atoms with Crippen molar-refractivity contribution in [3.8, 4) is 22.6 Å². The van der Waals surface area contributed by atoms with Gasteiger partial charge in [-0.15, -0.1) is 0 Å². The molecule has 0 fully saturated rings. The van der Waals surface area contributed by atoms with Crippen LogP contribution in [0.2, 0.25) is 0 Å². The van der Waals surface area contributed by atoms with Crippen LogP contribution in [0.25, 0.3) is 11.1 Å². The third-order valence-electron chi connectivity index (χ3n) is 5.12. The Morgan fingerprint density at radius 1 is 0.931 bits per heavy atom. The number of hydrogen-bond acceptors (Lipinski definition) is 3. The lowest BCUT2D eigenvalue weighted by atomic mass is 9.97. The second-order valence-electron chi connectivity index (χ2n) is 7.48. The molecule has 0 aliphatic carbocycles. The third-order valence-corrected chi connectivity index (χ3v) is 5.12. The molecule has 1 unspecified atom stereocenters. The van der Waals surface area contributed by atoms with Gasteiger partial charge in [0.05, 0.1) is 4.92 Å². The number of hydrogen-bond donors (Lipinski definition) is 0. The number of ether oxygens (including phenoxy) is 1. The third kappa shape index (κ3) is 5.67. The molecular weight excluding hydrogens is 362 g/mol. The maximum atomic E-state index is 11.4. The van der Waals surface area contributed by atoms with E-state index in [0.29, 0.717) is 5.75 Å². The van der Waals surface area contributed by atoms with Crippen molar-refractivity contribution in [2.45, 2.75) is 39.5 Å². The number of nitro groups is 1. The summed E-state index contributed by atoms with van der Waals surface area (Å²) in [4.78, 5) is 11.0. The van der Waals surface area contributed by atoms with Crippen molar-refractivity contribution >= 4 is 5.69 Å². The first-order chi connectivity index (χ1) is 14.1. The minimum absolute atomic E-state index is 0.0397. The lowest BCUT2D eigenvalue weighted by molar-refractivity contribution is -0.385. The van der Waals surface area contributed by atoms with E-state index in [1.54, 1.807) is 12.1 Å². The number of rotatable bonds is 9. The minimum Gasteiger partial charge on any atom is -0.450 e. The minimum atomic E-state index is -0.409. The van der Waals surface area contributed by atoms with Gasteiger partial charge in [0.15, 0.2) is 0 Å². The molecule has 29 heavy (non-hydrogen) atoms. The largest absolute Gasteiger partial charge is 0.450 e. The molecule has 0 bridgehead atoms. The molecule has 3 rings (SSSR count). The first-order valence-corrected chi connectivity index (χ1v) is 10.2. The van der Waals surface area contributed by atoms with E-state index in [9.17, 15) is 10.1 Å². The molecular formula is C25H27NO3. The van der Waals surface area contributed by atoms with Crippen LogP contribution in [0.1, 0.15) is 38.7 Å². The van der Waals surface area contributed by atoms with Gasteiger partial charge in [-0.3, -0.25) is 10.1 Å². The number of benzene rings is 3. The highest BCUT2D eigenvalue weighted by Gasteiger charge is 2.17. The normalized spacial score (nSPS) is 11.8. The van der Waals surface area contributed by atoms with E-state index in [0.717, 1.165) is 23.5 Å². The average Bonchev–Trinajstić information content (AvgIpc) is 2.74. The summed E-state index contributed by atoms with van der Waals surface area (Å²) in [5, 5.41) is 11.4. The van der Waals surface area contributed by atoms with Crippen molar-refractivity contribution in [2.24, 2.45) is 5.92 Å². The molecule has 0 radical (unpaired) electrons. The Hall–Kier alpha value is -3.14. The average molecular weight is 389 g/mol. The molecule has 0 spiro atoms. The predicted molar refractivity (Wildman–Crippen MR) is 117 cm³/mol. The van der Waals surface area contributed by atoms with Gasteiger partial charge in [-0.05, 0) is 59.7 Å². The Morgan fingerprint density at radius 2 is 1.66 bits per heavy atom. The molecule has 0 saturated heterocycles. The molecule has 0 amide bonds. The molecule has 4 nitrogen and oxygen atoms in total. The topological polar surface area (TPSA) is 52.4 Å². The summed E-state index contributed by atoms with van der Waals surface area (Å²) in [6.07, 6.45) is 4.67. The predicted octanol–water partition coefficient (Wildman–Crippen LogP) is 7.42. The number of nitrogens with zero attached hydrogens (tertiary/aromatic N) is 1. The van der Waals surface area contributed by atoms with Crippen LogP contribution in [0.15, 0.2) is 72.8 Å². The molecule has 0 aliphatic rings. The van der Waals surface area contributed by atoms with E-state index in [2.05, 4.69) is 13.8 Å². The Balaban J connectivity index is 1.77. The molecule has 150 valence electrons. The summed E-state index contributed by atoms with van der Waals surface area (Å²) in [7, 11) is 0. The Kier molecular flexibility index (Phi) is 7.01. The van der Waals surface area contributed by atoms with Crippen LogP contribution in [-0.4, -0.2) is 4.92 Å². The van der Waals surface area contributed by atoms with Gasteiger partial charge in [0.25, 0.3) is 0 Å². The van der Waals surface area contributed by atoms with E-state index in [1.807, 2.05) is 54.6 Å². The second-order valence-corrected chi connectivity index (χ2v) is 7.48. The van der Waals surface area contributed by atoms with E-state index >= 15 is 0 Å². The highest BCUT2D eigenvalue weighted by atomic mass is 16.6. The van der Waals surface area contributed by atoms with E-state index in [-0.39, 0.29) is 11.4 Å². The lowest BCUT2D eigenvalue weighted by Crippen LogP contribution is -1.97. The first-order valence-electron chi connectivity index (χ1n) is 10.2. The monoisotopic (exact) mass is 389 g/mol. The lowest BCUT2D eigenvalue weighted by Gasteiger charge is -2.11. The van der Waals surface area contributed by atoms with Gasteiger partial charge < -0.3 is 4.74 Å². The summed E-state index contributed by atoms with van der Waals surface area (Å²) >= 11 is 0. The Morgan fingerprint density at radius 3 is 2.31 bits per heavy atom. The summed E-state index contributed by atoms with van der Waals surface area (Å²) in [6, 6.07) is 22.6. The van der Waals surface area contributed by atoms with Gasteiger partial charge in [-0.25, -0.2) is 0 Å². The number of nitro benzene ring substituents is 1. The van der Waals surface area contributed by atoms with Crippen LogP contribution in [0.4, 0.5) is 5.69 Å². The molecule has 3 aromatic carbocycles. The first kappa shape index (κ1) is 20.6. The summed E-state index contributed by atoms with van der Waals surface area (Å²) in [6.45, 7) is 4.51. The van der Waals surface area contributed by atoms with Crippen molar-refractivity contribution in [1.82, 2.24) is 0 Å². The van der Waals surface area contributed by atoms with Gasteiger partial charge in [-0.1, -0.05) is 69.2 Å². The Bertz CT molecular complexity index is 936. The molecule has 0 heterocycles. The number of aryl methyl sites for hydroxylation is 1. The van der Waals surface area contributed by atoms with E-state index in [4.69, 9.17) is 4.74 Å². The molecule has 0 aliphatic heterocycles. The van der Waals surface area contributed by atoms with Crippen molar-refractivity contribution in [2.75, 3.05) is 0 Å².